The van der Waals surface area contributed by atoms with E-state index in [0.29, 0.717) is 5.56 Å². The van der Waals surface area contributed by atoms with Gasteiger partial charge in [0.05, 0.1) is 12.1 Å². The third-order valence-electron chi connectivity index (χ3n) is 3.41. The first-order valence-corrected chi connectivity index (χ1v) is 7.03. The number of nitrogens with zero attached hydrogens (tertiary/aromatic N) is 4. The molecular formula is C13H13BrN4O2. The van der Waals surface area contributed by atoms with Crippen LogP contribution in [0.2, 0.25) is 0 Å². The van der Waals surface area contributed by atoms with Gasteiger partial charge in [-0.15, -0.1) is 10.2 Å². The Morgan fingerprint density at radius 3 is 3.00 bits per heavy atom. The molecule has 0 spiro atoms. The van der Waals surface area contributed by atoms with E-state index in [4.69, 9.17) is 5.11 Å². The molecule has 20 heavy (non-hydrogen) atoms. The highest BCUT2D eigenvalue weighted by Gasteiger charge is 2.18. The van der Waals surface area contributed by atoms with Gasteiger partial charge in [0.25, 0.3) is 0 Å². The van der Waals surface area contributed by atoms with Crippen LogP contribution in [0.15, 0.2) is 29.0 Å². The molecule has 1 aliphatic heterocycles. The third kappa shape index (κ3) is 2.59. The van der Waals surface area contributed by atoms with Crippen LogP contribution in [0, 0.1) is 0 Å². The number of hydrogen-bond donors (Lipinski definition) is 1. The normalized spacial score (nSPS) is 15.1. The Balaban J connectivity index is 1.74. The molecule has 6 nitrogen and oxygen atoms in total. The van der Waals surface area contributed by atoms with Gasteiger partial charge in [0.1, 0.15) is 12.2 Å². The van der Waals surface area contributed by atoms with Crippen molar-refractivity contribution in [2.24, 2.45) is 0 Å². The van der Waals surface area contributed by atoms with E-state index in [9.17, 15) is 4.79 Å². The van der Waals surface area contributed by atoms with Crippen molar-refractivity contribution in [2.75, 3.05) is 6.54 Å². The number of fused-ring (bicyclic) bond motifs is 1. The quantitative estimate of drug-likeness (QED) is 0.924. The van der Waals surface area contributed by atoms with Crippen molar-refractivity contribution in [1.29, 1.82) is 0 Å². The van der Waals surface area contributed by atoms with Gasteiger partial charge in [0, 0.05) is 24.1 Å². The topological polar surface area (TPSA) is 71.2 Å². The summed E-state index contributed by atoms with van der Waals surface area (Å²) in [6.07, 6.45) is 1.75. The molecule has 0 fully saturated rings. The Bertz CT molecular complexity index is 656. The van der Waals surface area contributed by atoms with Gasteiger partial charge in [-0.1, -0.05) is 22.0 Å². The highest BCUT2D eigenvalue weighted by Crippen LogP contribution is 2.22. The number of carbonyl (C=O) groups is 1. The summed E-state index contributed by atoms with van der Waals surface area (Å²) in [7, 11) is 0. The largest absolute Gasteiger partial charge is 0.478 e. The molecule has 3 rings (SSSR count). The Hall–Kier alpha value is -1.73. The number of carboxylic acid groups (broad SMARTS) is 1. The Morgan fingerprint density at radius 1 is 1.40 bits per heavy atom. The van der Waals surface area contributed by atoms with E-state index in [0.717, 1.165) is 42.0 Å². The molecule has 2 aromatic rings. The minimum absolute atomic E-state index is 0.291. The van der Waals surface area contributed by atoms with E-state index in [1.807, 2.05) is 6.07 Å². The summed E-state index contributed by atoms with van der Waals surface area (Å²) < 4.78 is 2.88. The second kappa shape index (κ2) is 5.34. The van der Waals surface area contributed by atoms with Gasteiger partial charge in [0.15, 0.2) is 0 Å². The average molecular weight is 337 g/mol. The lowest BCUT2D eigenvalue weighted by Gasteiger charge is -2.27. The van der Waals surface area contributed by atoms with Crippen LogP contribution in [-0.2, 0) is 19.6 Å². The van der Waals surface area contributed by atoms with E-state index in [1.165, 1.54) is 0 Å². The standard InChI is InChI=1S/C13H13BrN4O2/c14-11-5-9(13(19)20)1-2-10(11)6-17-3-4-18-8-15-16-12(18)7-17/h1-2,5,8H,3-4,6-7H2,(H,19,20). The van der Waals surface area contributed by atoms with Crippen LogP contribution in [0.4, 0.5) is 0 Å². The zero-order valence-electron chi connectivity index (χ0n) is 10.7. The Morgan fingerprint density at radius 2 is 2.25 bits per heavy atom. The molecular weight excluding hydrogens is 324 g/mol. The maximum Gasteiger partial charge on any atom is 0.335 e. The van der Waals surface area contributed by atoms with Crippen LogP contribution in [-0.4, -0.2) is 37.3 Å². The van der Waals surface area contributed by atoms with E-state index < -0.39 is 5.97 Å². The van der Waals surface area contributed by atoms with Crippen molar-refractivity contribution in [3.05, 3.63) is 46.0 Å². The Kier molecular flexibility index (Phi) is 3.54. The summed E-state index contributed by atoms with van der Waals surface area (Å²) in [5, 5.41) is 17.0. The van der Waals surface area contributed by atoms with Crippen molar-refractivity contribution in [1.82, 2.24) is 19.7 Å². The van der Waals surface area contributed by atoms with Gasteiger partial charge in [0.2, 0.25) is 0 Å². The molecule has 0 amide bonds. The van der Waals surface area contributed by atoms with Gasteiger partial charge < -0.3 is 9.67 Å². The number of aromatic nitrogens is 3. The predicted octanol–water partition coefficient (Wildman–Crippen LogP) is 1.75. The molecule has 1 aliphatic rings. The summed E-state index contributed by atoms with van der Waals surface area (Å²) >= 11 is 3.44. The number of aromatic carboxylic acids is 1. The minimum Gasteiger partial charge on any atom is -0.478 e. The molecule has 0 unspecified atom stereocenters. The highest BCUT2D eigenvalue weighted by molar-refractivity contribution is 9.10. The summed E-state index contributed by atoms with van der Waals surface area (Å²) in [4.78, 5) is 13.2. The van der Waals surface area contributed by atoms with Gasteiger partial charge in [-0.3, -0.25) is 4.90 Å². The average Bonchev–Trinajstić information content (AvgIpc) is 2.88. The first kappa shape index (κ1) is 13.3. The molecule has 1 aromatic carbocycles. The molecule has 0 saturated heterocycles. The summed E-state index contributed by atoms with van der Waals surface area (Å²) in [5.74, 6) is 0.0536. The van der Waals surface area contributed by atoms with Gasteiger partial charge in [-0.05, 0) is 17.7 Å². The van der Waals surface area contributed by atoms with Crippen LogP contribution in [0.25, 0.3) is 0 Å². The van der Waals surface area contributed by atoms with E-state index in [2.05, 4.69) is 35.6 Å². The minimum atomic E-state index is -0.914. The summed E-state index contributed by atoms with van der Waals surface area (Å²) in [5.41, 5.74) is 1.36. The fourth-order valence-corrected chi connectivity index (χ4v) is 2.80. The monoisotopic (exact) mass is 336 g/mol. The third-order valence-corrected chi connectivity index (χ3v) is 4.15. The predicted molar refractivity (Wildman–Crippen MR) is 75.2 cm³/mol. The number of rotatable bonds is 3. The molecule has 0 bridgehead atoms. The number of carboxylic acids is 1. The molecule has 0 aliphatic carbocycles. The number of hydrogen-bond acceptors (Lipinski definition) is 4. The maximum absolute atomic E-state index is 10.9. The van der Waals surface area contributed by atoms with Crippen molar-refractivity contribution in [3.63, 3.8) is 0 Å². The summed E-state index contributed by atoms with van der Waals surface area (Å²) in [6, 6.07) is 5.13. The smallest absolute Gasteiger partial charge is 0.335 e. The van der Waals surface area contributed by atoms with Crippen LogP contribution in [0.1, 0.15) is 21.7 Å². The van der Waals surface area contributed by atoms with Crippen LogP contribution >= 0.6 is 15.9 Å². The lowest BCUT2D eigenvalue weighted by Crippen LogP contribution is -2.33. The van der Waals surface area contributed by atoms with E-state index in [-0.39, 0.29) is 0 Å². The first-order chi connectivity index (χ1) is 9.63. The van der Waals surface area contributed by atoms with Crippen LogP contribution in [0.5, 0.6) is 0 Å². The van der Waals surface area contributed by atoms with Crippen LogP contribution < -0.4 is 0 Å². The molecule has 0 radical (unpaired) electrons. The molecule has 7 heteroatoms. The van der Waals surface area contributed by atoms with E-state index in [1.54, 1.807) is 18.5 Å². The van der Waals surface area contributed by atoms with Crippen molar-refractivity contribution in [3.8, 4) is 0 Å². The second-order valence-corrected chi connectivity index (χ2v) is 5.62. The van der Waals surface area contributed by atoms with Crippen molar-refractivity contribution >= 4 is 21.9 Å². The Labute approximate surface area is 124 Å². The molecule has 0 saturated carbocycles. The molecule has 104 valence electrons. The van der Waals surface area contributed by atoms with Gasteiger partial charge >= 0.3 is 5.97 Å². The molecule has 1 N–H and O–H groups in total. The zero-order chi connectivity index (χ0) is 14.1. The number of benzene rings is 1. The van der Waals surface area contributed by atoms with Crippen molar-refractivity contribution in [2.45, 2.75) is 19.6 Å². The van der Waals surface area contributed by atoms with E-state index >= 15 is 0 Å². The fourth-order valence-electron chi connectivity index (χ4n) is 2.30. The molecule has 1 aromatic heterocycles. The first-order valence-electron chi connectivity index (χ1n) is 6.24. The molecule has 0 atom stereocenters. The molecule has 2 heterocycles. The van der Waals surface area contributed by atoms with Crippen molar-refractivity contribution < 1.29 is 9.90 Å². The fraction of sp³-hybridized carbons (Fsp3) is 0.308. The van der Waals surface area contributed by atoms with Gasteiger partial charge in [-0.2, -0.15) is 0 Å². The van der Waals surface area contributed by atoms with Crippen LogP contribution in [0.3, 0.4) is 0 Å². The SMILES string of the molecule is O=C(O)c1ccc(CN2CCn3cnnc3C2)c(Br)c1. The zero-order valence-corrected chi connectivity index (χ0v) is 12.2. The highest BCUT2D eigenvalue weighted by atomic mass is 79.9. The summed E-state index contributed by atoms with van der Waals surface area (Å²) in [6.45, 7) is 3.33. The number of halogens is 1. The second-order valence-electron chi connectivity index (χ2n) is 4.76. The lowest BCUT2D eigenvalue weighted by atomic mass is 10.1. The lowest BCUT2D eigenvalue weighted by molar-refractivity contribution is 0.0697. The van der Waals surface area contributed by atoms with Gasteiger partial charge in [-0.25, -0.2) is 4.79 Å². The maximum atomic E-state index is 10.9.